The fourth-order valence-corrected chi connectivity index (χ4v) is 3.28. The predicted octanol–water partition coefficient (Wildman–Crippen LogP) is -0.518. The highest BCUT2D eigenvalue weighted by Gasteiger charge is 2.56. The summed E-state index contributed by atoms with van der Waals surface area (Å²) in [6, 6.07) is -0.645. The van der Waals surface area contributed by atoms with Crippen molar-refractivity contribution >= 4 is 28.9 Å². The highest BCUT2D eigenvalue weighted by molar-refractivity contribution is 5.87. The van der Waals surface area contributed by atoms with Crippen molar-refractivity contribution in [3.8, 4) is 0 Å². The Hall–Kier alpha value is -2.71. The number of carboxylic acids is 1. The maximum atomic E-state index is 12.5. The molecule has 22 heavy (non-hydrogen) atoms. The molecule has 1 saturated carbocycles. The summed E-state index contributed by atoms with van der Waals surface area (Å²) in [5, 5.41) is 9.25. The van der Waals surface area contributed by atoms with Gasteiger partial charge in [0.15, 0.2) is 11.5 Å². The van der Waals surface area contributed by atoms with Crippen molar-refractivity contribution in [3.63, 3.8) is 0 Å². The van der Waals surface area contributed by atoms with E-state index in [1.54, 1.807) is 4.57 Å². The smallest absolute Gasteiger partial charge is 0.326 e. The quantitative estimate of drug-likeness (QED) is 0.781. The van der Waals surface area contributed by atoms with Crippen LogP contribution in [0.2, 0.25) is 0 Å². The van der Waals surface area contributed by atoms with Gasteiger partial charge in [0.05, 0.1) is 6.33 Å². The van der Waals surface area contributed by atoms with Crippen LogP contribution < -0.4 is 5.73 Å². The lowest BCUT2D eigenvalue weighted by Crippen LogP contribution is -2.44. The van der Waals surface area contributed by atoms with Gasteiger partial charge in [0, 0.05) is 6.04 Å². The third-order valence-electron chi connectivity index (χ3n) is 4.41. The summed E-state index contributed by atoms with van der Waals surface area (Å²) in [6.45, 7) is -0.0000463. The molecule has 3 heterocycles. The number of carbonyl (C=O) groups excluding carboxylic acids is 1. The number of fused-ring (bicyclic) bond motifs is 2. The monoisotopic (exact) mass is 302 g/mol. The first-order chi connectivity index (χ1) is 10.6. The number of nitrogen functional groups attached to an aromatic ring is 1. The van der Waals surface area contributed by atoms with Gasteiger partial charge < -0.3 is 20.3 Å². The fourth-order valence-electron chi connectivity index (χ4n) is 3.28. The van der Waals surface area contributed by atoms with Gasteiger partial charge in [0.1, 0.15) is 24.4 Å². The Kier molecular flexibility index (Phi) is 2.59. The van der Waals surface area contributed by atoms with Crippen molar-refractivity contribution in [2.45, 2.75) is 31.5 Å². The number of rotatable bonds is 3. The predicted molar refractivity (Wildman–Crippen MR) is 74.5 cm³/mol. The molecule has 2 aromatic heterocycles. The minimum atomic E-state index is -0.942. The van der Waals surface area contributed by atoms with Crippen LogP contribution in [0.3, 0.4) is 0 Å². The molecule has 2 aliphatic rings. The molecule has 4 rings (SSSR count). The molecule has 0 aromatic carbocycles. The number of hydrogen-bond acceptors (Lipinski definition) is 6. The van der Waals surface area contributed by atoms with E-state index in [0.717, 1.165) is 6.42 Å². The molecule has 0 bridgehead atoms. The fraction of sp³-hybridized carbons (Fsp3) is 0.462. The van der Waals surface area contributed by atoms with Gasteiger partial charge >= 0.3 is 5.97 Å². The molecular formula is C13H14N6O3. The topological polar surface area (TPSA) is 127 Å². The largest absolute Gasteiger partial charge is 0.480 e. The van der Waals surface area contributed by atoms with Crippen molar-refractivity contribution in [3.05, 3.63) is 12.7 Å². The Morgan fingerprint density at radius 2 is 2.14 bits per heavy atom. The number of anilines is 1. The molecule has 2 fully saturated rings. The van der Waals surface area contributed by atoms with Crippen LogP contribution in [0, 0.1) is 5.92 Å². The zero-order valence-corrected chi connectivity index (χ0v) is 11.6. The summed E-state index contributed by atoms with van der Waals surface area (Å²) < 4.78 is 1.57. The summed E-state index contributed by atoms with van der Waals surface area (Å²) in [5.74, 6) is -0.581. The molecule has 0 radical (unpaired) electrons. The van der Waals surface area contributed by atoms with Crippen LogP contribution >= 0.6 is 0 Å². The van der Waals surface area contributed by atoms with Crippen LogP contribution in [0.25, 0.3) is 11.2 Å². The summed E-state index contributed by atoms with van der Waals surface area (Å²) in [6.07, 6.45) is 4.23. The Balaban J connectivity index is 1.61. The third kappa shape index (κ3) is 1.81. The SMILES string of the molecule is Nc1ncnc2c1ncn2CC(=O)N1[C@@H]2C[C@@H]2C[C@H]1C(=O)O. The van der Waals surface area contributed by atoms with E-state index in [9.17, 15) is 14.7 Å². The van der Waals surface area contributed by atoms with E-state index in [0.29, 0.717) is 23.5 Å². The second-order valence-electron chi connectivity index (χ2n) is 5.76. The summed E-state index contributed by atoms with van der Waals surface area (Å²) >= 11 is 0. The number of nitrogens with two attached hydrogens (primary N) is 1. The van der Waals surface area contributed by atoms with Gasteiger partial charge in [-0.2, -0.15) is 0 Å². The van der Waals surface area contributed by atoms with Crippen LogP contribution in [-0.4, -0.2) is 53.5 Å². The molecule has 0 spiro atoms. The van der Waals surface area contributed by atoms with E-state index in [4.69, 9.17) is 5.73 Å². The first-order valence-electron chi connectivity index (χ1n) is 7.01. The highest BCUT2D eigenvalue weighted by atomic mass is 16.4. The number of carbonyl (C=O) groups is 2. The summed E-state index contributed by atoms with van der Waals surface area (Å²) in [7, 11) is 0. The van der Waals surface area contributed by atoms with Crippen LogP contribution in [0.4, 0.5) is 5.82 Å². The minimum absolute atomic E-state index is 0.0000463. The molecule has 3 N–H and O–H groups in total. The molecule has 1 amide bonds. The van der Waals surface area contributed by atoms with E-state index in [2.05, 4.69) is 15.0 Å². The van der Waals surface area contributed by atoms with Crippen molar-refractivity contribution in [1.82, 2.24) is 24.4 Å². The Bertz CT molecular complexity index is 787. The first kappa shape index (κ1) is 13.0. The van der Waals surface area contributed by atoms with Gasteiger partial charge in [-0.25, -0.2) is 19.7 Å². The number of carboxylic acid groups (broad SMARTS) is 1. The lowest BCUT2D eigenvalue weighted by Gasteiger charge is -2.24. The van der Waals surface area contributed by atoms with Crippen LogP contribution in [0.1, 0.15) is 12.8 Å². The average Bonchev–Trinajstić information content (AvgIpc) is 2.94. The number of likely N-dealkylation sites (tertiary alicyclic amines) is 1. The van der Waals surface area contributed by atoms with Crippen LogP contribution in [0.15, 0.2) is 12.7 Å². The van der Waals surface area contributed by atoms with E-state index in [-0.39, 0.29) is 24.3 Å². The maximum Gasteiger partial charge on any atom is 0.326 e. The second-order valence-corrected chi connectivity index (χ2v) is 5.76. The molecule has 2 aromatic rings. The molecule has 9 heteroatoms. The van der Waals surface area contributed by atoms with Gasteiger partial charge in [-0.15, -0.1) is 0 Å². The van der Waals surface area contributed by atoms with E-state index >= 15 is 0 Å². The van der Waals surface area contributed by atoms with Gasteiger partial charge in [0.2, 0.25) is 5.91 Å². The molecule has 1 aliphatic carbocycles. The number of piperidine rings is 1. The molecule has 3 atom stereocenters. The minimum Gasteiger partial charge on any atom is -0.480 e. The Labute approximate surface area is 124 Å². The second kappa shape index (κ2) is 4.39. The number of amides is 1. The lowest BCUT2D eigenvalue weighted by atomic mass is 10.1. The van der Waals surface area contributed by atoms with E-state index < -0.39 is 12.0 Å². The molecule has 9 nitrogen and oxygen atoms in total. The number of aliphatic carboxylic acids is 1. The molecule has 0 unspecified atom stereocenters. The van der Waals surface area contributed by atoms with Crippen molar-refractivity contribution < 1.29 is 14.7 Å². The zero-order valence-electron chi connectivity index (χ0n) is 11.6. The van der Waals surface area contributed by atoms with Crippen LogP contribution in [-0.2, 0) is 16.1 Å². The molecule has 1 saturated heterocycles. The number of hydrogen-bond donors (Lipinski definition) is 2. The maximum absolute atomic E-state index is 12.5. The summed E-state index contributed by atoms with van der Waals surface area (Å²) in [4.78, 5) is 37.4. The summed E-state index contributed by atoms with van der Waals surface area (Å²) in [5.41, 5.74) is 6.63. The van der Waals surface area contributed by atoms with Gasteiger partial charge in [-0.05, 0) is 18.8 Å². The van der Waals surface area contributed by atoms with Crippen molar-refractivity contribution in [2.75, 3.05) is 5.73 Å². The Morgan fingerprint density at radius 3 is 2.91 bits per heavy atom. The first-order valence-corrected chi connectivity index (χ1v) is 7.01. The highest BCUT2D eigenvalue weighted by Crippen LogP contribution is 2.47. The number of nitrogens with zero attached hydrogens (tertiary/aromatic N) is 5. The zero-order chi connectivity index (χ0) is 15.4. The van der Waals surface area contributed by atoms with Gasteiger partial charge in [0.25, 0.3) is 0 Å². The van der Waals surface area contributed by atoms with Gasteiger partial charge in [-0.1, -0.05) is 0 Å². The number of imidazole rings is 1. The van der Waals surface area contributed by atoms with Gasteiger partial charge in [-0.3, -0.25) is 4.79 Å². The third-order valence-corrected chi connectivity index (χ3v) is 4.41. The molecule has 114 valence electrons. The van der Waals surface area contributed by atoms with Crippen LogP contribution in [0.5, 0.6) is 0 Å². The van der Waals surface area contributed by atoms with E-state index in [1.165, 1.54) is 17.6 Å². The van der Waals surface area contributed by atoms with E-state index in [1.807, 2.05) is 0 Å². The molecular weight excluding hydrogens is 288 g/mol. The van der Waals surface area contributed by atoms with Crippen molar-refractivity contribution in [1.29, 1.82) is 0 Å². The number of aromatic nitrogens is 4. The lowest BCUT2D eigenvalue weighted by molar-refractivity contribution is -0.149. The average molecular weight is 302 g/mol. The molecule has 1 aliphatic heterocycles. The normalized spacial score (nSPS) is 26.2. The standard InChI is InChI=1S/C13H14N6O3/c14-11-10-12(16-4-15-11)18(5-17-10)3-9(20)19-7-1-6(7)2-8(19)13(21)22/h4-8H,1-3H2,(H,21,22)(H2,14,15,16)/t6-,7-,8+/m1/s1. The Morgan fingerprint density at radius 1 is 1.32 bits per heavy atom. The van der Waals surface area contributed by atoms with Crippen molar-refractivity contribution in [2.24, 2.45) is 5.92 Å².